The van der Waals surface area contributed by atoms with Gasteiger partial charge in [-0.3, -0.25) is 0 Å². The van der Waals surface area contributed by atoms with Crippen LogP contribution in [-0.2, 0) is 9.47 Å². The molecule has 0 rings (SSSR count). The molecule has 0 aliphatic carbocycles. The van der Waals surface area contributed by atoms with Gasteiger partial charge in [0.2, 0.25) is 0 Å². The zero-order valence-electron chi connectivity index (χ0n) is 8.62. The summed E-state index contributed by atoms with van der Waals surface area (Å²) in [6, 6.07) is 0. The van der Waals surface area contributed by atoms with Gasteiger partial charge in [0, 0.05) is 25.5 Å². The maximum Gasteiger partial charge on any atom is 0.0700 e. The Kier molecular flexibility index (Phi) is 10.5. The molecular weight excluding hydrogens is 186 g/mol. The van der Waals surface area contributed by atoms with Crippen molar-refractivity contribution in [2.24, 2.45) is 5.73 Å². The van der Waals surface area contributed by atoms with Gasteiger partial charge < -0.3 is 15.2 Å². The van der Waals surface area contributed by atoms with Crippen LogP contribution in [0.4, 0.5) is 0 Å². The van der Waals surface area contributed by atoms with E-state index in [1.165, 1.54) is 0 Å². The Balaban J connectivity index is 2.91. The molecule has 0 spiro atoms. The predicted molar refractivity (Wildman–Crippen MR) is 58.3 cm³/mol. The number of methoxy groups -OCH3 is 1. The summed E-state index contributed by atoms with van der Waals surface area (Å²) in [7, 11) is 1.68. The fourth-order valence-corrected chi connectivity index (χ4v) is 1.58. The summed E-state index contributed by atoms with van der Waals surface area (Å²) in [5, 5.41) is 0.568. The average molecular weight is 207 g/mol. The number of rotatable bonds is 9. The molecule has 0 aliphatic rings. The van der Waals surface area contributed by atoms with Crippen molar-refractivity contribution in [2.75, 3.05) is 39.2 Å². The SMILES string of the molecule is COCCOCCCSC(C)CN. The van der Waals surface area contributed by atoms with E-state index in [1.54, 1.807) is 7.11 Å². The Morgan fingerprint density at radius 1 is 1.31 bits per heavy atom. The zero-order chi connectivity index (χ0) is 9.94. The smallest absolute Gasteiger partial charge is 0.0700 e. The maximum atomic E-state index is 5.48. The Morgan fingerprint density at radius 2 is 2.08 bits per heavy atom. The zero-order valence-corrected chi connectivity index (χ0v) is 9.44. The first kappa shape index (κ1) is 13.2. The fraction of sp³-hybridized carbons (Fsp3) is 1.00. The van der Waals surface area contributed by atoms with Crippen LogP contribution in [0, 0.1) is 0 Å². The Labute approximate surface area is 85.3 Å². The van der Waals surface area contributed by atoms with Gasteiger partial charge in [0.05, 0.1) is 13.2 Å². The lowest BCUT2D eigenvalue weighted by atomic mass is 10.5. The van der Waals surface area contributed by atoms with Gasteiger partial charge in [-0.1, -0.05) is 6.92 Å². The number of nitrogens with two attached hydrogens (primary N) is 1. The number of hydrogen-bond acceptors (Lipinski definition) is 4. The molecule has 1 atom stereocenters. The summed E-state index contributed by atoms with van der Waals surface area (Å²) >= 11 is 1.90. The average Bonchev–Trinajstić information content (AvgIpc) is 2.16. The normalized spacial score (nSPS) is 13.2. The van der Waals surface area contributed by atoms with Crippen LogP contribution in [0.2, 0.25) is 0 Å². The highest BCUT2D eigenvalue weighted by atomic mass is 32.2. The van der Waals surface area contributed by atoms with Crippen LogP contribution >= 0.6 is 11.8 Å². The summed E-state index contributed by atoms with van der Waals surface area (Å²) < 4.78 is 10.2. The van der Waals surface area contributed by atoms with Crippen molar-refractivity contribution in [3.8, 4) is 0 Å². The lowest BCUT2D eigenvalue weighted by Crippen LogP contribution is -2.13. The molecule has 0 aromatic heterocycles. The lowest BCUT2D eigenvalue weighted by molar-refractivity contribution is 0.0713. The summed E-state index contributed by atoms with van der Waals surface area (Å²) in [5.41, 5.74) is 5.48. The monoisotopic (exact) mass is 207 g/mol. The molecule has 0 heterocycles. The molecule has 80 valence electrons. The molecule has 0 amide bonds. The van der Waals surface area contributed by atoms with Gasteiger partial charge in [0.25, 0.3) is 0 Å². The number of ether oxygens (including phenoxy) is 2. The van der Waals surface area contributed by atoms with Crippen molar-refractivity contribution in [3.63, 3.8) is 0 Å². The highest BCUT2D eigenvalue weighted by Gasteiger charge is 1.98. The second kappa shape index (κ2) is 10.3. The molecule has 0 aromatic carbocycles. The standard InChI is InChI=1S/C9H21NO2S/c1-9(8-10)13-7-3-4-12-6-5-11-2/h9H,3-8,10H2,1-2H3. The molecule has 0 saturated carbocycles. The van der Waals surface area contributed by atoms with E-state index in [9.17, 15) is 0 Å². The van der Waals surface area contributed by atoms with Crippen molar-refractivity contribution in [2.45, 2.75) is 18.6 Å². The second-order valence-corrected chi connectivity index (χ2v) is 4.42. The molecule has 4 heteroatoms. The Bertz CT molecular complexity index is 104. The van der Waals surface area contributed by atoms with Crippen LogP contribution in [0.15, 0.2) is 0 Å². The van der Waals surface area contributed by atoms with E-state index in [0.29, 0.717) is 18.5 Å². The third-order valence-corrected chi connectivity index (χ3v) is 2.88. The van der Waals surface area contributed by atoms with Crippen LogP contribution < -0.4 is 5.73 Å². The van der Waals surface area contributed by atoms with Gasteiger partial charge in [-0.2, -0.15) is 11.8 Å². The lowest BCUT2D eigenvalue weighted by Gasteiger charge is -2.07. The van der Waals surface area contributed by atoms with Crippen LogP contribution in [0.5, 0.6) is 0 Å². The van der Waals surface area contributed by atoms with Gasteiger partial charge in [-0.05, 0) is 12.2 Å². The third kappa shape index (κ3) is 10.1. The van der Waals surface area contributed by atoms with E-state index in [1.807, 2.05) is 11.8 Å². The quantitative estimate of drug-likeness (QED) is 0.575. The first-order valence-corrected chi connectivity index (χ1v) is 5.74. The van der Waals surface area contributed by atoms with Gasteiger partial charge in [-0.15, -0.1) is 0 Å². The van der Waals surface area contributed by atoms with Crippen LogP contribution in [-0.4, -0.2) is 44.5 Å². The summed E-state index contributed by atoms with van der Waals surface area (Å²) in [5.74, 6) is 1.13. The topological polar surface area (TPSA) is 44.5 Å². The molecule has 0 bridgehead atoms. The third-order valence-electron chi connectivity index (χ3n) is 1.60. The van der Waals surface area contributed by atoms with Crippen molar-refractivity contribution in [1.29, 1.82) is 0 Å². The van der Waals surface area contributed by atoms with Gasteiger partial charge in [-0.25, -0.2) is 0 Å². The largest absolute Gasteiger partial charge is 0.382 e. The van der Waals surface area contributed by atoms with E-state index in [0.717, 1.165) is 25.3 Å². The van der Waals surface area contributed by atoms with Crippen LogP contribution in [0.3, 0.4) is 0 Å². The molecule has 0 aromatic rings. The first-order valence-electron chi connectivity index (χ1n) is 4.69. The summed E-state index contributed by atoms with van der Waals surface area (Å²) in [6.45, 7) is 5.12. The minimum Gasteiger partial charge on any atom is -0.382 e. The molecule has 0 saturated heterocycles. The van der Waals surface area contributed by atoms with Crippen molar-refractivity contribution in [3.05, 3.63) is 0 Å². The van der Waals surface area contributed by atoms with Crippen molar-refractivity contribution >= 4 is 11.8 Å². The van der Waals surface area contributed by atoms with Crippen LogP contribution in [0.25, 0.3) is 0 Å². The highest BCUT2D eigenvalue weighted by Crippen LogP contribution is 2.09. The first-order chi connectivity index (χ1) is 6.31. The predicted octanol–water partition coefficient (Wildman–Crippen LogP) is 1.12. The highest BCUT2D eigenvalue weighted by molar-refractivity contribution is 7.99. The summed E-state index contributed by atoms with van der Waals surface area (Å²) in [6.07, 6.45) is 1.10. The van der Waals surface area contributed by atoms with E-state index < -0.39 is 0 Å². The van der Waals surface area contributed by atoms with Gasteiger partial charge in [0.1, 0.15) is 0 Å². The number of thioether (sulfide) groups is 1. The van der Waals surface area contributed by atoms with E-state index in [4.69, 9.17) is 15.2 Å². The molecule has 0 radical (unpaired) electrons. The summed E-state index contributed by atoms with van der Waals surface area (Å²) in [4.78, 5) is 0. The van der Waals surface area contributed by atoms with E-state index in [-0.39, 0.29) is 0 Å². The Hall–Kier alpha value is 0.230. The molecule has 13 heavy (non-hydrogen) atoms. The number of hydrogen-bond donors (Lipinski definition) is 1. The van der Waals surface area contributed by atoms with Crippen molar-refractivity contribution in [1.82, 2.24) is 0 Å². The minimum atomic E-state index is 0.568. The van der Waals surface area contributed by atoms with Gasteiger partial charge in [0.15, 0.2) is 0 Å². The molecule has 3 nitrogen and oxygen atoms in total. The molecule has 0 fully saturated rings. The van der Waals surface area contributed by atoms with E-state index in [2.05, 4.69) is 6.92 Å². The van der Waals surface area contributed by atoms with Gasteiger partial charge >= 0.3 is 0 Å². The molecule has 2 N–H and O–H groups in total. The van der Waals surface area contributed by atoms with Crippen molar-refractivity contribution < 1.29 is 9.47 Å². The minimum absolute atomic E-state index is 0.568. The molecule has 1 unspecified atom stereocenters. The van der Waals surface area contributed by atoms with E-state index >= 15 is 0 Å². The maximum absolute atomic E-state index is 5.48. The molecular formula is C9H21NO2S. The second-order valence-electron chi connectivity index (χ2n) is 2.88. The fourth-order valence-electron chi connectivity index (χ4n) is 0.758. The Morgan fingerprint density at radius 3 is 2.69 bits per heavy atom. The van der Waals surface area contributed by atoms with Crippen LogP contribution in [0.1, 0.15) is 13.3 Å². The molecule has 0 aliphatic heterocycles.